The smallest absolute Gasteiger partial charge is 0.318 e. The molecule has 7 nitrogen and oxygen atoms in total. The average molecular weight is 380 g/mol. The van der Waals surface area contributed by atoms with E-state index in [4.69, 9.17) is 4.74 Å². The molecule has 3 rings (SSSR count). The summed E-state index contributed by atoms with van der Waals surface area (Å²) in [5.74, 6) is -0.0621. The summed E-state index contributed by atoms with van der Waals surface area (Å²) in [6.07, 6.45) is 6.30. The number of hydrogen-bond donors (Lipinski definition) is 2. The molecule has 0 saturated heterocycles. The predicted octanol–water partition coefficient (Wildman–Crippen LogP) is 3.72. The molecule has 1 aliphatic carbocycles. The molecule has 0 aliphatic heterocycles. The summed E-state index contributed by atoms with van der Waals surface area (Å²) in [5.41, 5.74) is 1.44. The van der Waals surface area contributed by atoms with Gasteiger partial charge in [-0.1, -0.05) is 19.4 Å². The number of nitrogens with zero attached hydrogens (tertiary/aromatic N) is 2. The lowest BCUT2D eigenvalue weighted by Gasteiger charge is -2.26. The molecule has 28 heavy (non-hydrogen) atoms. The van der Waals surface area contributed by atoms with E-state index in [1.54, 1.807) is 24.4 Å². The molecular formula is C21H24N4O3. The van der Waals surface area contributed by atoms with E-state index in [1.807, 2.05) is 19.1 Å². The van der Waals surface area contributed by atoms with Gasteiger partial charge in [0.25, 0.3) is 0 Å². The lowest BCUT2D eigenvalue weighted by Crippen LogP contribution is -2.35. The van der Waals surface area contributed by atoms with Gasteiger partial charge >= 0.3 is 5.97 Å². The van der Waals surface area contributed by atoms with Crippen LogP contribution in [-0.2, 0) is 19.7 Å². The Morgan fingerprint density at radius 1 is 1.18 bits per heavy atom. The lowest BCUT2D eigenvalue weighted by molar-refractivity contribution is -0.150. The Kier molecular flexibility index (Phi) is 6.03. The van der Waals surface area contributed by atoms with Crippen molar-refractivity contribution in [3.05, 3.63) is 54.9 Å². The van der Waals surface area contributed by atoms with Crippen LogP contribution < -0.4 is 10.6 Å². The minimum absolute atomic E-state index is 0.209. The van der Waals surface area contributed by atoms with Gasteiger partial charge < -0.3 is 15.4 Å². The molecule has 7 heteroatoms. The summed E-state index contributed by atoms with van der Waals surface area (Å²) in [4.78, 5) is 32.9. The molecule has 1 fully saturated rings. The minimum Gasteiger partial charge on any atom is -0.465 e. The first-order valence-corrected chi connectivity index (χ1v) is 9.38. The normalized spacial score (nSPS) is 14.9. The van der Waals surface area contributed by atoms with Gasteiger partial charge in [-0.3, -0.25) is 9.59 Å². The highest BCUT2D eigenvalue weighted by atomic mass is 16.5. The number of benzene rings is 1. The van der Waals surface area contributed by atoms with Gasteiger partial charge in [0, 0.05) is 17.6 Å². The Morgan fingerprint density at radius 2 is 1.86 bits per heavy atom. The Balaban J connectivity index is 1.78. The SMILES string of the molecule is C=CC(=O)Nc1ccc(Nc2nccc(C3(C(=O)OCC)CCCC3)n2)cc1. The van der Waals surface area contributed by atoms with Gasteiger partial charge in [-0.15, -0.1) is 0 Å². The molecular weight excluding hydrogens is 356 g/mol. The predicted molar refractivity (Wildman–Crippen MR) is 107 cm³/mol. The zero-order valence-electron chi connectivity index (χ0n) is 15.9. The van der Waals surface area contributed by atoms with Gasteiger partial charge in [0.05, 0.1) is 12.3 Å². The number of amides is 1. The van der Waals surface area contributed by atoms with Crippen molar-refractivity contribution < 1.29 is 14.3 Å². The highest BCUT2D eigenvalue weighted by Crippen LogP contribution is 2.41. The fourth-order valence-electron chi connectivity index (χ4n) is 3.46. The monoisotopic (exact) mass is 380 g/mol. The molecule has 2 N–H and O–H groups in total. The van der Waals surface area contributed by atoms with Crippen LogP contribution in [0.15, 0.2) is 49.2 Å². The van der Waals surface area contributed by atoms with Crippen molar-refractivity contribution in [1.82, 2.24) is 9.97 Å². The molecule has 1 aliphatic rings. The Labute approximate surface area is 164 Å². The molecule has 0 spiro atoms. The molecule has 1 saturated carbocycles. The van der Waals surface area contributed by atoms with Crippen LogP contribution in [0.4, 0.5) is 17.3 Å². The molecule has 0 radical (unpaired) electrons. The quantitative estimate of drug-likeness (QED) is 0.562. The number of aromatic nitrogens is 2. The van der Waals surface area contributed by atoms with Crippen LogP contribution in [0.25, 0.3) is 0 Å². The zero-order valence-corrected chi connectivity index (χ0v) is 15.9. The van der Waals surface area contributed by atoms with E-state index in [-0.39, 0.29) is 11.9 Å². The number of nitrogens with one attached hydrogen (secondary N) is 2. The molecule has 0 bridgehead atoms. The van der Waals surface area contributed by atoms with Gasteiger partial charge in [-0.25, -0.2) is 9.97 Å². The van der Waals surface area contributed by atoms with Crippen LogP contribution in [0.5, 0.6) is 0 Å². The number of carbonyl (C=O) groups is 2. The number of rotatable bonds is 7. The fraction of sp³-hybridized carbons (Fsp3) is 0.333. The minimum atomic E-state index is -0.686. The first kappa shape index (κ1) is 19.5. The number of carbonyl (C=O) groups excluding carboxylic acids is 2. The third kappa shape index (κ3) is 4.19. The highest BCUT2D eigenvalue weighted by Gasteiger charge is 2.45. The maximum Gasteiger partial charge on any atom is 0.318 e. The van der Waals surface area contributed by atoms with E-state index in [0.717, 1.165) is 31.4 Å². The van der Waals surface area contributed by atoms with Gasteiger partial charge in [0.2, 0.25) is 11.9 Å². The molecule has 1 heterocycles. The first-order valence-electron chi connectivity index (χ1n) is 9.38. The third-order valence-corrected chi connectivity index (χ3v) is 4.86. The third-order valence-electron chi connectivity index (χ3n) is 4.86. The van der Waals surface area contributed by atoms with E-state index in [9.17, 15) is 9.59 Å². The van der Waals surface area contributed by atoms with Gasteiger partial charge in [-0.2, -0.15) is 0 Å². The van der Waals surface area contributed by atoms with E-state index in [2.05, 4.69) is 27.2 Å². The summed E-state index contributed by atoms with van der Waals surface area (Å²) < 4.78 is 5.33. The van der Waals surface area contributed by atoms with Crippen LogP contribution in [0.2, 0.25) is 0 Å². The highest BCUT2D eigenvalue weighted by molar-refractivity contribution is 5.98. The van der Waals surface area contributed by atoms with Gasteiger partial charge in [0.15, 0.2) is 0 Å². The fourth-order valence-corrected chi connectivity index (χ4v) is 3.46. The van der Waals surface area contributed by atoms with E-state index in [1.165, 1.54) is 6.08 Å². The number of esters is 1. The van der Waals surface area contributed by atoms with Crippen molar-refractivity contribution in [3.63, 3.8) is 0 Å². The number of anilines is 3. The molecule has 1 aromatic heterocycles. The maximum absolute atomic E-state index is 12.6. The molecule has 146 valence electrons. The second-order valence-corrected chi connectivity index (χ2v) is 6.67. The van der Waals surface area contributed by atoms with Crippen molar-refractivity contribution in [2.75, 3.05) is 17.2 Å². The summed E-state index contributed by atoms with van der Waals surface area (Å²) in [7, 11) is 0. The second kappa shape index (κ2) is 8.65. The molecule has 2 aromatic rings. The van der Waals surface area contributed by atoms with Crippen LogP contribution >= 0.6 is 0 Å². The van der Waals surface area contributed by atoms with Crippen molar-refractivity contribution in [2.45, 2.75) is 38.0 Å². The van der Waals surface area contributed by atoms with Crippen molar-refractivity contribution >= 4 is 29.2 Å². The Morgan fingerprint density at radius 3 is 2.50 bits per heavy atom. The van der Waals surface area contributed by atoms with Gasteiger partial charge in [0.1, 0.15) is 5.41 Å². The van der Waals surface area contributed by atoms with Crippen LogP contribution in [0.1, 0.15) is 38.3 Å². The Hall–Kier alpha value is -3.22. The largest absolute Gasteiger partial charge is 0.465 e. The van der Waals surface area contributed by atoms with E-state index >= 15 is 0 Å². The summed E-state index contributed by atoms with van der Waals surface area (Å²) in [5, 5.41) is 5.83. The summed E-state index contributed by atoms with van der Waals surface area (Å²) in [6.45, 7) is 5.59. The standard InChI is InChI=1S/C21H24N4O3/c1-3-18(26)23-15-7-9-16(10-8-15)24-20-22-14-11-17(25-20)21(12-5-6-13-21)19(27)28-4-2/h3,7-11,14H,1,4-6,12-13H2,2H3,(H,23,26)(H,22,24,25). The molecule has 0 unspecified atom stereocenters. The van der Waals surface area contributed by atoms with Gasteiger partial charge in [-0.05, 0) is 56.2 Å². The lowest BCUT2D eigenvalue weighted by atomic mass is 9.82. The molecule has 0 atom stereocenters. The summed E-state index contributed by atoms with van der Waals surface area (Å²) >= 11 is 0. The Bertz CT molecular complexity index is 858. The molecule has 1 amide bonds. The van der Waals surface area contributed by atoms with Crippen LogP contribution in [0.3, 0.4) is 0 Å². The maximum atomic E-state index is 12.6. The van der Waals surface area contributed by atoms with Crippen molar-refractivity contribution in [3.8, 4) is 0 Å². The number of ether oxygens (including phenoxy) is 1. The van der Waals surface area contributed by atoms with Crippen molar-refractivity contribution in [1.29, 1.82) is 0 Å². The van der Waals surface area contributed by atoms with Crippen LogP contribution in [-0.4, -0.2) is 28.5 Å². The first-order chi connectivity index (χ1) is 13.6. The molecule has 1 aromatic carbocycles. The number of hydrogen-bond acceptors (Lipinski definition) is 6. The topological polar surface area (TPSA) is 93.2 Å². The van der Waals surface area contributed by atoms with E-state index in [0.29, 0.717) is 23.9 Å². The second-order valence-electron chi connectivity index (χ2n) is 6.67. The van der Waals surface area contributed by atoms with Crippen LogP contribution in [0, 0.1) is 0 Å². The van der Waals surface area contributed by atoms with E-state index < -0.39 is 5.41 Å². The summed E-state index contributed by atoms with van der Waals surface area (Å²) in [6, 6.07) is 8.95. The average Bonchev–Trinajstić information content (AvgIpc) is 3.21. The zero-order chi connectivity index (χ0) is 20.0. The van der Waals surface area contributed by atoms with Crippen molar-refractivity contribution in [2.24, 2.45) is 0 Å².